The van der Waals surface area contributed by atoms with Gasteiger partial charge in [-0.05, 0) is 51.1 Å². The van der Waals surface area contributed by atoms with Crippen molar-refractivity contribution in [1.29, 1.82) is 0 Å². The number of nitrogens with one attached hydrogen (secondary N) is 1. The Morgan fingerprint density at radius 2 is 1.85 bits per heavy atom. The van der Waals surface area contributed by atoms with Crippen LogP contribution < -0.4 is 10.9 Å². The van der Waals surface area contributed by atoms with Gasteiger partial charge in [0.25, 0.3) is 11.5 Å². The summed E-state index contributed by atoms with van der Waals surface area (Å²) in [6.07, 6.45) is 1.11. The molecule has 0 saturated carbocycles. The summed E-state index contributed by atoms with van der Waals surface area (Å²) in [6.45, 7) is 5.78. The molecule has 1 aliphatic rings. The maximum absolute atomic E-state index is 14.2. The van der Waals surface area contributed by atoms with Crippen molar-refractivity contribution in [3.63, 3.8) is 0 Å². The molecule has 1 aromatic carbocycles. The van der Waals surface area contributed by atoms with Gasteiger partial charge in [0.05, 0.1) is 29.0 Å². The number of hydrogen-bond donors (Lipinski definition) is 2. The number of pyridine rings is 2. The van der Waals surface area contributed by atoms with E-state index in [4.69, 9.17) is 4.74 Å². The Hall–Kier alpha value is -3.70. The van der Waals surface area contributed by atoms with Gasteiger partial charge in [0.1, 0.15) is 6.61 Å². The first-order valence-corrected chi connectivity index (χ1v) is 13.9. The highest BCUT2D eigenvalue weighted by atomic mass is 19.2. The zero-order valence-corrected chi connectivity index (χ0v) is 24.1. The van der Waals surface area contributed by atoms with Crippen molar-refractivity contribution >= 4 is 22.8 Å². The molecule has 11 heteroatoms. The molecule has 0 bridgehead atoms. The second kappa shape index (κ2) is 12.0. The van der Waals surface area contributed by atoms with Crippen molar-refractivity contribution in [3.8, 4) is 11.4 Å². The van der Waals surface area contributed by atoms with E-state index in [1.165, 1.54) is 10.6 Å². The molecule has 0 aliphatic carbocycles. The molecule has 41 heavy (non-hydrogen) atoms. The third-order valence-electron chi connectivity index (χ3n) is 7.57. The van der Waals surface area contributed by atoms with Gasteiger partial charge in [-0.2, -0.15) is 0 Å². The second-order valence-corrected chi connectivity index (χ2v) is 10.6. The van der Waals surface area contributed by atoms with Crippen molar-refractivity contribution in [1.82, 2.24) is 19.8 Å². The zero-order chi connectivity index (χ0) is 30.1. The number of carbonyl (C=O) groups is 2. The predicted octanol–water partition coefficient (Wildman–Crippen LogP) is 3.38. The minimum Gasteiger partial charge on any atom is -0.461 e. The fourth-order valence-corrected chi connectivity index (χ4v) is 5.30. The van der Waals surface area contributed by atoms with Crippen molar-refractivity contribution in [2.45, 2.75) is 65.2 Å². The van der Waals surface area contributed by atoms with E-state index in [0.717, 1.165) is 17.7 Å². The lowest BCUT2D eigenvalue weighted by atomic mass is 9.86. The Morgan fingerprint density at radius 3 is 2.49 bits per heavy atom. The molecular formula is C30H36F2N4O5. The molecular weight excluding hydrogens is 534 g/mol. The third-order valence-corrected chi connectivity index (χ3v) is 7.57. The van der Waals surface area contributed by atoms with Crippen LogP contribution in [-0.2, 0) is 39.5 Å². The number of ether oxygens (including phenoxy) is 1. The van der Waals surface area contributed by atoms with Crippen LogP contribution in [0.25, 0.3) is 22.3 Å². The van der Waals surface area contributed by atoms with Crippen LogP contribution in [0.4, 0.5) is 8.78 Å². The van der Waals surface area contributed by atoms with Crippen molar-refractivity contribution in [2.24, 2.45) is 0 Å². The molecule has 4 rings (SSSR count). The monoisotopic (exact) mass is 570 g/mol. The molecule has 2 aromatic heterocycles. The topological polar surface area (TPSA) is 114 Å². The molecule has 1 atom stereocenters. The van der Waals surface area contributed by atoms with Crippen molar-refractivity contribution in [3.05, 3.63) is 62.4 Å². The summed E-state index contributed by atoms with van der Waals surface area (Å²) in [5.74, 6) is -3.23. The van der Waals surface area contributed by atoms with E-state index in [0.29, 0.717) is 41.7 Å². The molecule has 1 aliphatic heterocycles. The molecule has 0 unspecified atom stereocenters. The second-order valence-electron chi connectivity index (χ2n) is 10.6. The Labute approximate surface area is 237 Å². The highest BCUT2D eigenvalue weighted by Crippen LogP contribution is 2.39. The number of esters is 1. The van der Waals surface area contributed by atoms with Gasteiger partial charge in [-0.25, -0.2) is 13.8 Å². The lowest BCUT2D eigenvalue weighted by molar-refractivity contribution is -0.145. The number of nitrogens with zero attached hydrogens (tertiary/aromatic N) is 3. The maximum atomic E-state index is 14.2. The van der Waals surface area contributed by atoms with Gasteiger partial charge in [-0.15, -0.1) is 0 Å². The first-order chi connectivity index (χ1) is 19.5. The Bertz CT molecular complexity index is 1570. The zero-order valence-electron chi connectivity index (χ0n) is 24.1. The summed E-state index contributed by atoms with van der Waals surface area (Å²) < 4.78 is 35.2. The minimum absolute atomic E-state index is 0.0148. The van der Waals surface area contributed by atoms with E-state index in [1.54, 1.807) is 6.92 Å². The quantitative estimate of drug-likeness (QED) is 0.266. The number of amides is 1. The molecule has 0 saturated heterocycles. The van der Waals surface area contributed by atoms with E-state index in [1.807, 2.05) is 32.8 Å². The Morgan fingerprint density at radius 1 is 1.15 bits per heavy atom. The van der Waals surface area contributed by atoms with Gasteiger partial charge in [0.2, 0.25) is 0 Å². The largest absolute Gasteiger partial charge is 0.461 e. The Balaban J connectivity index is 1.93. The molecule has 9 nitrogen and oxygen atoms in total. The van der Waals surface area contributed by atoms with Crippen LogP contribution in [0.5, 0.6) is 0 Å². The molecule has 3 heterocycles. The Kier molecular flexibility index (Phi) is 8.89. The average molecular weight is 571 g/mol. The number of halogens is 2. The van der Waals surface area contributed by atoms with E-state index in [9.17, 15) is 28.3 Å². The van der Waals surface area contributed by atoms with Crippen LogP contribution in [0.2, 0.25) is 0 Å². The van der Waals surface area contributed by atoms with E-state index in [-0.39, 0.29) is 42.6 Å². The van der Waals surface area contributed by atoms with Crippen LogP contribution in [0.1, 0.15) is 62.3 Å². The summed E-state index contributed by atoms with van der Waals surface area (Å²) in [5, 5.41) is 15.0. The van der Waals surface area contributed by atoms with Crippen LogP contribution in [-0.4, -0.2) is 58.6 Å². The van der Waals surface area contributed by atoms with Gasteiger partial charge in [-0.1, -0.05) is 20.8 Å². The number of aromatic nitrogens is 2. The predicted molar refractivity (Wildman–Crippen MR) is 150 cm³/mol. The number of likely N-dealkylation sites (N-methyl/N-ethyl adjacent to an activating group) is 1. The highest BCUT2D eigenvalue weighted by molar-refractivity contribution is 5.90. The number of rotatable bonds is 11. The molecule has 2 N–H and O–H groups in total. The smallest absolute Gasteiger partial charge is 0.306 e. The summed E-state index contributed by atoms with van der Waals surface area (Å²) in [5.41, 5.74) is -0.323. The van der Waals surface area contributed by atoms with E-state index >= 15 is 0 Å². The highest BCUT2D eigenvalue weighted by Gasteiger charge is 2.41. The van der Waals surface area contributed by atoms with Crippen molar-refractivity contribution in [2.75, 3.05) is 27.2 Å². The fourth-order valence-electron chi connectivity index (χ4n) is 5.30. The molecule has 3 aromatic rings. The molecule has 0 spiro atoms. The first kappa shape index (κ1) is 30.3. The van der Waals surface area contributed by atoms with Crippen LogP contribution in [0.15, 0.2) is 23.0 Å². The number of benzene rings is 1. The molecule has 220 valence electrons. The van der Waals surface area contributed by atoms with Gasteiger partial charge in [0, 0.05) is 42.1 Å². The fraction of sp³-hybridized carbons (Fsp3) is 0.467. The summed E-state index contributed by atoms with van der Waals surface area (Å²) in [4.78, 5) is 46.1. The maximum Gasteiger partial charge on any atom is 0.306 e. The summed E-state index contributed by atoms with van der Waals surface area (Å²) >= 11 is 0. The summed E-state index contributed by atoms with van der Waals surface area (Å²) in [7, 11) is 3.70. The van der Waals surface area contributed by atoms with Gasteiger partial charge < -0.3 is 24.6 Å². The standard InChI is InChI=1S/C30H36F2N4O5/c1-6-9-26(37)41-16-20-21(30(40,8-3)29(39)33-10-11-35(4)5)13-25-27-19(15-36(25)28(20)38)17(7-2)18-12-22(31)23(32)14-24(18)34-27/h12-14,40H,6-11,15-16H2,1-5H3,(H,33,39)/t30-/m0/s1. The van der Waals surface area contributed by atoms with Crippen LogP contribution in [0.3, 0.4) is 0 Å². The number of aryl methyl sites for hydroxylation is 1. The average Bonchev–Trinajstić information content (AvgIpc) is 3.29. The van der Waals surface area contributed by atoms with Crippen LogP contribution >= 0.6 is 0 Å². The molecule has 0 fully saturated rings. The number of hydrogen-bond acceptors (Lipinski definition) is 7. The summed E-state index contributed by atoms with van der Waals surface area (Å²) in [6, 6.07) is 3.66. The normalized spacial score (nSPS) is 13.7. The van der Waals surface area contributed by atoms with Crippen molar-refractivity contribution < 1.29 is 28.2 Å². The minimum atomic E-state index is -2.12. The van der Waals surface area contributed by atoms with Gasteiger partial charge in [-0.3, -0.25) is 14.4 Å². The number of aliphatic hydroxyl groups is 1. The number of fused-ring (bicyclic) bond motifs is 4. The first-order valence-electron chi connectivity index (χ1n) is 13.9. The molecule has 1 amide bonds. The van der Waals surface area contributed by atoms with E-state index < -0.39 is 41.3 Å². The lowest BCUT2D eigenvalue weighted by Gasteiger charge is -2.29. The number of carbonyl (C=O) groups excluding carboxylic acids is 2. The molecule has 0 radical (unpaired) electrons. The SMILES string of the molecule is CCCC(=O)OCc1c([C@@](O)(CC)C(=O)NCCN(C)C)cc2n(c1=O)Cc1c-2nc2cc(F)c(F)cc2c1CC. The van der Waals surface area contributed by atoms with Crippen LogP contribution in [0, 0.1) is 11.6 Å². The third kappa shape index (κ3) is 5.60. The van der Waals surface area contributed by atoms with Gasteiger partial charge >= 0.3 is 5.97 Å². The van der Waals surface area contributed by atoms with E-state index in [2.05, 4.69) is 10.3 Å². The van der Waals surface area contributed by atoms with Gasteiger partial charge in [0.15, 0.2) is 17.2 Å². The lowest BCUT2D eigenvalue weighted by Crippen LogP contribution is -2.47.